The molecule has 1 aliphatic carbocycles. The summed E-state index contributed by atoms with van der Waals surface area (Å²) < 4.78 is 0.821. The van der Waals surface area contributed by atoms with Crippen molar-refractivity contribution in [3.05, 3.63) is 42.5 Å². The predicted molar refractivity (Wildman–Crippen MR) is 114 cm³/mol. The first-order valence-electron chi connectivity index (χ1n) is 9.28. The van der Waals surface area contributed by atoms with Gasteiger partial charge in [-0.3, -0.25) is 4.79 Å². The Morgan fingerprint density at radius 2 is 1.89 bits per heavy atom. The number of amides is 1. The third-order valence-electron chi connectivity index (χ3n) is 4.70. The highest BCUT2D eigenvalue weighted by Gasteiger charge is 2.15. The first-order valence-corrected chi connectivity index (χ1v) is 11.1. The molecule has 2 aromatic carbocycles. The Labute approximate surface area is 167 Å². The van der Waals surface area contributed by atoms with E-state index < -0.39 is 0 Å². The van der Waals surface area contributed by atoms with Gasteiger partial charge in [0, 0.05) is 11.7 Å². The Hall–Kier alpha value is -2.12. The van der Waals surface area contributed by atoms with Gasteiger partial charge in [-0.2, -0.15) is 0 Å². The Morgan fingerprint density at radius 3 is 2.74 bits per heavy atom. The van der Waals surface area contributed by atoms with Crippen LogP contribution in [0.2, 0.25) is 0 Å². The molecule has 1 saturated carbocycles. The van der Waals surface area contributed by atoms with Crippen LogP contribution in [-0.2, 0) is 4.79 Å². The minimum atomic E-state index is -0.0349. The molecule has 27 heavy (non-hydrogen) atoms. The number of fused-ring (bicyclic) bond motifs is 1. The predicted octanol–water partition coefficient (Wildman–Crippen LogP) is 5.17. The zero-order valence-electron chi connectivity index (χ0n) is 15.0. The molecular formula is C20H22N4OS2. The molecule has 1 fully saturated rings. The van der Waals surface area contributed by atoms with Crippen LogP contribution in [0.4, 0.5) is 10.8 Å². The molecule has 1 heterocycles. The van der Waals surface area contributed by atoms with Gasteiger partial charge in [0.05, 0.1) is 5.75 Å². The Morgan fingerprint density at radius 1 is 1.07 bits per heavy atom. The minimum Gasteiger partial charge on any atom is -0.357 e. The topological polar surface area (TPSA) is 66.9 Å². The van der Waals surface area contributed by atoms with Crippen LogP contribution in [0.25, 0.3) is 10.8 Å². The molecule has 1 aromatic heterocycles. The number of thioether (sulfide) groups is 1. The maximum Gasteiger partial charge on any atom is 0.234 e. The molecule has 0 atom stereocenters. The molecule has 1 amide bonds. The summed E-state index contributed by atoms with van der Waals surface area (Å²) in [5.41, 5.74) is 0.816. The zero-order chi connectivity index (χ0) is 18.5. The van der Waals surface area contributed by atoms with Gasteiger partial charge >= 0.3 is 0 Å². The fourth-order valence-electron chi connectivity index (χ4n) is 3.34. The smallest absolute Gasteiger partial charge is 0.234 e. The van der Waals surface area contributed by atoms with Gasteiger partial charge in [-0.15, -0.1) is 10.2 Å². The third-order valence-corrected chi connectivity index (χ3v) is 6.69. The van der Waals surface area contributed by atoms with Crippen molar-refractivity contribution in [3.63, 3.8) is 0 Å². The number of benzene rings is 2. The molecule has 0 saturated heterocycles. The molecule has 0 bridgehead atoms. The number of carbonyl (C=O) groups excluding carboxylic acids is 1. The second-order valence-electron chi connectivity index (χ2n) is 6.75. The van der Waals surface area contributed by atoms with Gasteiger partial charge in [0.1, 0.15) is 0 Å². The third kappa shape index (κ3) is 4.99. The molecule has 0 radical (unpaired) electrons. The molecule has 1 aliphatic rings. The van der Waals surface area contributed by atoms with Gasteiger partial charge in [-0.05, 0) is 35.7 Å². The summed E-state index contributed by atoms with van der Waals surface area (Å²) in [5, 5.41) is 18.0. The lowest BCUT2D eigenvalue weighted by molar-refractivity contribution is -0.113. The van der Waals surface area contributed by atoms with Crippen LogP contribution in [0.5, 0.6) is 0 Å². The van der Waals surface area contributed by atoms with Crippen molar-refractivity contribution < 1.29 is 4.79 Å². The van der Waals surface area contributed by atoms with Crippen molar-refractivity contribution >= 4 is 50.6 Å². The van der Waals surface area contributed by atoms with E-state index in [1.54, 1.807) is 0 Å². The second-order valence-corrected chi connectivity index (χ2v) is 8.95. The van der Waals surface area contributed by atoms with Gasteiger partial charge in [0.2, 0.25) is 11.0 Å². The van der Waals surface area contributed by atoms with E-state index in [0.717, 1.165) is 25.9 Å². The van der Waals surface area contributed by atoms with Crippen LogP contribution in [0, 0.1) is 0 Å². The number of nitrogens with zero attached hydrogens (tertiary/aromatic N) is 2. The van der Waals surface area contributed by atoms with Gasteiger partial charge in [-0.25, -0.2) is 0 Å². The number of anilines is 2. The van der Waals surface area contributed by atoms with Crippen molar-refractivity contribution in [3.8, 4) is 0 Å². The van der Waals surface area contributed by atoms with Crippen LogP contribution in [0.1, 0.15) is 32.1 Å². The van der Waals surface area contributed by atoms with E-state index in [9.17, 15) is 4.79 Å². The Kier molecular flexibility index (Phi) is 5.89. The van der Waals surface area contributed by atoms with E-state index in [4.69, 9.17) is 0 Å². The van der Waals surface area contributed by atoms with Crippen LogP contribution in [-0.4, -0.2) is 27.9 Å². The summed E-state index contributed by atoms with van der Waals surface area (Å²) in [4.78, 5) is 12.3. The molecule has 3 aromatic rings. The summed E-state index contributed by atoms with van der Waals surface area (Å²) in [6.45, 7) is 0. The molecule has 5 nitrogen and oxygen atoms in total. The maximum absolute atomic E-state index is 12.3. The highest BCUT2D eigenvalue weighted by Crippen LogP contribution is 2.28. The highest BCUT2D eigenvalue weighted by atomic mass is 32.2. The number of hydrogen-bond donors (Lipinski definition) is 2. The fourth-order valence-corrected chi connectivity index (χ4v) is 4.97. The van der Waals surface area contributed by atoms with Gasteiger partial charge < -0.3 is 10.6 Å². The van der Waals surface area contributed by atoms with Crippen molar-refractivity contribution in [1.82, 2.24) is 10.2 Å². The van der Waals surface area contributed by atoms with E-state index in [0.29, 0.717) is 11.8 Å². The van der Waals surface area contributed by atoms with Crippen LogP contribution in [0.3, 0.4) is 0 Å². The van der Waals surface area contributed by atoms with Crippen LogP contribution < -0.4 is 10.6 Å². The Bertz CT molecular complexity index is 921. The monoisotopic (exact) mass is 398 g/mol. The summed E-state index contributed by atoms with van der Waals surface area (Å²) in [6, 6.07) is 14.6. The zero-order valence-corrected chi connectivity index (χ0v) is 16.6. The number of aromatic nitrogens is 2. The quantitative estimate of drug-likeness (QED) is 0.561. The largest absolute Gasteiger partial charge is 0.357 e. The lowest BCUT2D eigenvalue weighted by Gasteiger charge is -2.21. The second kappa shape index (κ2) is 8.71. The van der Waals surface area contributed by atoms with Crippen molar-refractivity contribution in [2.75, 3.05) is 16.4 Å². The van der Waals surface area contributed by atoms with E-state index in [-0.39, 0.29) is 5.91 Å². The average molecular weight is 399 g/mol. The van der Waals surface area contributed by atoms with Crippen LogP contribution >= 0.6 is 23.1 Å². The van der Waals surface area contributed by atoms with Crippen molar-refractivity contribution in [2.45, 2.75) is 42.5 Å². The minimum absolute atomic E-state index is 0.0349. The number of rotatable bonds is 6. The highest BCUT2D eigenvalue weighted by molar-refractivity contribution is 8.01. The lowest BCUT2D eigenvalue weighted by atomic mass is 9.96. The fraction of sp³-hybridized carbons (Fsp3) is 0.350. The van der Waals surface area contributed by atoms with Crippen LogP contribution in [0.15, 0.2) is 46.8 Å². The molecule has 2 N–H and O–H groups in total. The SMILES string of the molecule is O=C(CSc1nnc(NC2CCCCC2)s1)Nc1ccc2ccccc2c1. The summed E-state index contributed by atoms with van der Waals surface area (Å²) in [7, 11) is 0. The van der Waals surface area contributed by atoms with E-state index in [1.807, 2.05) is 36.4 Å². The average Bonchev–Trinajstić information content (AvgIpc) is 3.14. The summed E-state index contributed by atoms with van der Waals surface area (Å²) in [5.74, 6) is 0.289. The first kappa shape index (κ1) is 18.3. The molecule has 0 unspecified atom stereocenters. The standard InChI is InChI=1S/C20H22N4OS2/c25-18(21-17-11-10-14-6-4-5-7-15(14)12-17)13-26-20-24-23-19(27-20)22-16-8-2-1-3-9-16/h4-7,10-12,16H,1-3,8-9,13H2,(H,21,25)(H,22,23). The van der Waals surface area contributed by atoms with Gasteiger partial charge in [0.25, 0.3) is 0 Å². The molecular weight excluding hydrogens is 376 g/mol. The normalized spacial score (nSPS) is 15.0. The molecule has 7 heteroatoms. The molecule has 0 aliphatic heterocycles. The molecule has 0 spiro atoms. The number of carbonyl (C=O) groups is 1. The lowest BCUT2D eigenvalue weighted by Crippen LogP contribution is -2.21. The first-order chi connectivity index (χ1) is 13.3. The van der Waals surface area contributed by atoms with Gasteiger partial charge in [-0.1, -0.05) is 72.7 Å². The van der Waals surface area contributed by atoms with E-state index >= 15 is 0 Å². The summed E-state index contributed by atoms with van der Waals surface area (Å²) >= 11 is 2.95. The Balaban J connectivity index is 1.28. The van der Waals surface area contributed by atoms with E-state index in [1.165, 1.54) is 55.2 Å². The summed E-state index contributed by atoms with van der Waals surface area (Å²) in [6.07, 6.45) is 6.31. The van der Waals surface area contributed by atoms with Gasteiger partial charge in [0.15, 0.2) is 4.34 Å². The van der Waals surface area contributed by atoms with E-state index in [2.05, 4.69) is 26.9 Å². The van der Waals surface area contributed by atoms with Crippen molar-refractivity contribution in [2.24, 2.45) is 0 Å². The maximum atomic E-state index is 12.3. The molecule has 140 valence electrons. The number of hydrogen-bond acceptors (Lipinski definition) is 6. The number of nitrogens with one attached hydrogen (secondary N) is 2. The molecule has 4 rings (SSSR count). The van der Waals surface area contributed by atoms with Crippen molar-refractivity contribution in [1.29, 1.82) is 0 Å².